The van der Waals surface area contributed by atoms with Gasteiger partial charge in [-0.25, -0.2) is 4.79 Å². The number of amides is 2. The van der Waals surface area contributed by atoms with E-state index in [0.717, 1.165) is 32.1 Å². The first-order valence-electron chi connectivity index (χ1n) is 8.42. The van der Waals surface area contributed by atoms with Gasteiger partial charge >= 0.3 is 6.09 Å². The van der Waals surface area contributed by atoms with Crippen LogP contribution in [0.3, 0.4) is 0 Å². The maximum atomic E-state index is 12.1. The monoisotopic (exact) mass is 337 g/mol. The minimum Gasteiger partial charge on any atom is -0.444 e. The van der Waals surface area contributed by atoms with Crippen molar-refractivity contribution in [3.8, 4) is 6.07 Å². The highest BCUT2D eigenvalue weighted by molar-refractivity contribution is 6.04. The molecule has 2 amide bonds. The van der Waals surface area contributed by atoms with E-state index in [4.69, 9.17) is 10.00 Å². The molecule has 7 heteroatoms. The zero-order valence-corrected chi connectivity index (χ0v) is 14.7. The Bertz CT molecular complexity index is 499. The van der Waals surface area contributed by atoms with Crippen LogP contribution in [0.1, 0.15) is 59.3 Å². The summed E-state index contributed by atoms with van der Waals surface area (Å²) in [7, 11) is 0. The quantitative estimate of drug-likeness (QED) is 0.721. The molecule has 0 aromatic heterocycles. The van der Waals surface area contributed by atoms with Gasteiger partial charge in [0.2, 0.25) is 5.91 Å². The van der Waals surface area contributed by atoms with Gasteiger partial charge in [-0.1, -0.05) is 19.3 Å². The van der Waals surface area contributed by atoms with Crippen LogP contribution in [0, 0.1) is 17.2 Å². The van der Waals surface area contributed by atoms with Gasteiger partial charge in [0.05, 0.1) is 6.07 Å². The van der Waals surface area contributed by atoms with Crippen molar-refractivity contribution in [1.82, 2.24) is 10.6 Å². The first-order chi connectivity index (χ1) is 11.2. The number of ether oxygens (including phenoxy) is 1. The molecule has 1 aliphatic rings. The zero-order valence-electron chi connectivity index (χ0n) is 14.7. The number of alkyl carbamates (subject to hydrolysis) is 1. The van der Waals surface area contributed by atoms with Gasteiger partial charge in [0.15, 0.2) is 11.7 Å². The Hall–Kier alpha value is -2.10. The molecule has 7 nitrogen and oxygen atoms in total. The molecule has 134 valence electrons. The van der Waals surface area contributed by atoms with Crippen LogP contribution >= 0.6 is 0 Å². The van der Waals surface area contributed by atoms with Gasteiger partial charge in [-0.2, -0.15) is 5.26 Å². The molecule has 1 rings (SSSR count). The SMILES string of the molecule is CC(C)(C)OC(=O)NCCC(=O)C(C#N)C(=O)NC1CCCCC1. The third-order valence-electron chi connectivity index (χ3n) is 3.70. The summed E-state index contributed by atoms with van der Waals surface area (Å²) in [4.78, 5) is 35.6. The highest BCUT2D eigenvalue weighted by Gasteiger charge is 2.28. The predicted octanol–water partition coefficient (Wildman–Crippen LogP) is 2.06. The van der Waals surface area contributed by atoms with Crippen LogP contribution in [-0.2, 0) is 14.3 Å². The second-order valence-corrected chi connectivity index (χ2v) is 7.05. The number of hydrogen-bond donors (Lipinski definition) is 2. The summed E-state index contributed by atoms with van der Waals surface area (Å²) >= 11 is 0. The number of carbonyl (C=O) groups is 3. The van der Waals surface area contributed by atoms with Crippen molar-refractivity contribution in [3.63, 3.8) is 0 Å². The van der Waals surface area contributed by atoms with Gasteiger partial charge in [0, 0.05) is 19.0 Å². The summed E-state index contributed by atoms with van der Waals surface area (Å²) in [6.07, 6.45) is 4.32. The molecule has 1 fully saturated rings. The third kappa shape index (κ3) is 7.44. The Kier molecular flexibility index (Phi) is 7.69. The maximum absolute atomic E-state index is 12.1. The number of nitriles is 1. The summed E-state index contributed by atoms with van der Waals surface area (Å²) in [5.41, 5.74) is -0.622. The van der Waals surface area contributed by atoms with Crippen LogP contribution in [0.25, 0.3) is 0 Å². The van der Waals surface area contributed by atoms with E-state index in [1.807, 2.05) is 0 Å². The first-order valence-corrected chi connectivity index (χ1v) is 8.42. The molecule has 0 aromatic rings. The molecular weight excluding hydrogens is 310 g/mol. The Morgan fingerprint density at radius 3 is 2.38 bits per heavy atom. The molecule has 1 aliphatic carbocycles. The lowest BCUT2D eigenvalue weighted by molar-refractivity contribution is -0.132. The van der Waals surface area contributed by atoms with E-state index >= 15 is 0 Å². The standard InChI is InChI=1S/C17H27N3O4/c1-17(2,3)24-16(23)19-10-9-14(21)13(11-18)15(22)20-12-7-5-4-6-8-12/h12-13H,4-10H2,1-3H3,(H,19,23)(H,20,22). The molecule has 0 saturated heterocycles. The molecule has 1 saturated carbocycles. The van der Waals surface area contributed by atoms with Crippen molar-refractivity contribution in [3.05, 3.63) is 0 Å². The second kappa shape index (κ2) is 9.26. The Morgan fingerprint density at radius 1 is 1.21 bits per heavy atom. The summed E-state index contributed by atoms with van der Waals surface area (Å²) < 4.78 is 5.05. The fourth-order valence-electron chi connectivity index (χ4n) is 2.55. The number of ketones is 1. The maximum Gasteiger partial charge on any atom is 0.407 e. The minimum absolute atomic E-state index is 0.0304. The fraction of sp³-hybridized carbons (Fsp3) is 0.765. The van der Waals surface area contributed by atoms with Gasteiger partial charge in [0.25, 0.3) is 0 Å². The summed E-state index contributed by atoms with van der Waals surface area (Å²) in [5.74, 6) is -2.36. The Balaban J connectivity index is 2.38. The van der Waals surface area contributed by atoms with Crippen molar-refractivity contribution in [2.45, 2.75) is 70.9 Å². The molecule has 0 aromatic carbocycles. The molecule has 0 bridgehead atoms. The van der Waals surface area contributed by atoms with E-state index in [9.17, 15) is 14.4 Å². The lowest BCUT2D eigenvalue weighted by Crippen LogP contribution is -2.42. The first kappa shape index (κ1) is 19.9. The van der Waals surface area contributed by atoms with Gasteiger partial charge in [-0.05, 0) is 33.6 Å². The molecule has 0 heterocycles. The van der Waals surface area contributed by atoms with Gasteiger partial charge in [0.1, 0.15) is 5.60 Å². The largest absolute Gasteiger partial charge is 0.444 e. The summed E-state index contributed by atoms with van der Waals surface area (Å²) in [6.45, 7) is 5.24. The second-order valence-electron chi connectivity index (χ2n) is 7.05. The number of nitrogens with one attached hydrogen (secondary N) is 2. The van der Waals surface area contributed by atoms with Gasteiger partial charge in [-0.3, -0.25) is 9.59 Å². The van der Waals surface area contributed by atoms with Gasteiger partial charge < -0.3 is 15.4 Å². The van der Waals surface area contributed by atoms with E-state index in [0.29, 0.717) is 0 Å². The van der Waals surface area contributed by atoms with E-state index in [2.05, 4.69) is 10.6 Å². The Labute approximate surface area is 143 Å². The topological polar surface area (TPSA) is 108 Å². The number of nitrogens with zero attached hydrogens (tertiary/aromatic N) is 1. The predicted molar refractivity (Wildman–Crippen MR) is 88.0 cm³/mol. The number of carbonyl (C=O) groups excluding carboxylic acids is 3. The fourth-order valence-corrected chi connectivity index (χ4v) is 2.55. The average Bonchev–Trinajstić information content (AvgIpc) is 2.47. The Morgan fingerprint density at radius 2 is 1.83 bits per heavy atom. The third-order valence-corrected chi connectivity index (χ3v) is 3.70. The van der Waals surface area contributed by atoms with Crippen LogP contribution in [0.15, 0.2) is 0 Å². The van der Waals surface area contributed by atoms with Crippen molar-refractivity contribution in [2.75, 3.05) is 6.54 Å². The van der Waals surface area contributed by atoms with Crippen LogP contribution < -0.4 is 10.6 Å². The van der Waals surface area contributed by atoms with Crippen LogP contribution in [0.2, 0.25) is 0 Å². The average molecular weight is 337 g/mol. The van der Waals surface area contributed by atoms with Crippen molar-refractivity contribution < 1.29 is 19.1 Å². The molecule has 1 atom stereocenters. The number of hydrogen-bond acceptors (Lipinski definition) is 5. The van der Waals surface area contributed by atoms with E-state index < -0.39 is 29.3 Å². The van der Waals surface area contributed by atoms with E-state index in [1.54, 1.807) is 26.8 Å². The van der Waals surface area contributed by atoms with E-state index in [1.165, 1.54) is 0 Å². The summed E-state index contributed by atoms with van der Waals surface area (Å²) in [5, 5.41) is 14.3. The molecule has 0 aliphatic heterocycles. The van der Waals surface area contributed by atoms with E-state index in [-0.39, 0.29) is 19.0 Å². The number of rotatable bonds is 6. The minimum atomic E-state index is -1.33. The highest BCUT2D eigenvalue weighted by Crippen LogP contribution is 2.18. The number of Topliss-reactive ketones (excluding diaryl/α,β-unsaturated/α-hetero) is 1. The van der Waals surface area contributed by atoms with Crippen molar-refractivity contribution in [2.24, 2.45) is 5.92 Å². The normalized spacial score (nSPS) is 16.6. The molecule has 0 spiro atoms. The van der Waals surface area contributed by atoms with Crippen LogP contribution in [0.4, 0.5) is 4.79 Å². The molecular formula is C17H27N3O4. The lowest BCUT2D eigenvalue weighted by atomic mass is 9.94. The molecule has 1 unspecified atom stereocenters. The molecule has 24 heavy (non-hydrogen) atoms. The highest BCUT2D eigenvalue weighted by atomic mass is 16.6. The van der Waals surface area contributed by atoms with Crippen molar-refractivity contribution >= 4 is 17.8 Å². The smallest absolute Gasteiger partial charge is 0.407 e. The zero-order chi connectivity index (χ0) is 18.2. The van der Waals surface area contributed by atoms with Crippen LogP contribution in [-0.4, -0.2) is 36.0 Å². The van der Waals surface area contributed by atoms with Crippen molar-refractivity contribution in [1.29, 1.82) is 5.26 Å². The summed E-state index contributed by atoms with van der Waals surface area (Å²) in [6, 6.07) is 1.81. The van der Waals surface area contributed by atoms with Crippen LogP contribution in [0.5, 0.6) is 0 Å². The molecule has 0 radical (unpaired) electrons. The molecule has 2 N–H and O–H groups in total. The van der Waals surface area contributed by atoms with Gasteiger partial charge in [-0.15, -0.1) is 0 Å². The lowest BCUT2D eigenvalue weighted by Gasteiger charge is -2.23.